The lowest BCUT2D eigenvalue weighted by atomic mass is 10.1. The zero-order valence-electron chi connectivity index (χ0n) is 15.5. The molecule has 1 heterocycles. The molecule has 140 valence electrons. The molecule has 0 aliphatic carbocycles. The lowest BCUT2D eigenvalue weighted by molar-refractivity contribution is 0.217. The molecule has 0 unspecified atom stereocenters. The minimum absolute atomic E-state index is 0.476. The maximum atomic E-state index is 6.17. The molecule has 0 saturated carbocycles. The highest BCUT2D eigenvalue weighted by molar-refractivity contribution is 6.32. The lowest BCUT2D eigenvalue weighted by Gasteiger charge is -2.11. The maximum Gasteiger partial charge on any atom is 0.126 e. The van der Waals surface area contributed by atoms with Crippen molar-refractivity contribution in [3.05, 3.63) is 82.5 Å². The molecule has 0 atom stereocenters. The second-order valence-electron chi connectivity index (χ2n) is 6.28. The summed E-state index contributed by atoms with van der Waals surface area (Å²) in [7, 11) is 0. The number of halogens is 1. The van der Waals surface area contributed by atoms with Crippen LogP contribution in [-0.4, -0.2) is 18.2 Å². The summed E-state index contributed by atoms with van der Waals surface area (Å²) >= 11 is 6.17. The van der Waals surface area contributed by atoms with Gasteiger partial charge in [0.1, 0.15) is 30.5 Å². The summed E-state index contributed by atoms with van der Waals surface area (Å²) in [6.07, 6.45) is 1.77. The van der Waals surface area contributed by atoms with Crippen LogP contribution in [0.15, 0.2) is 60.8 Å². The Morgan fingerprint density at radius 2 is 1.56 bits per heavy atom. The van der Waals surface area contributed by atoms with Crippen molar-refractivity contribution < 1.29 is 9.47 Å². The van der Waals surface area contributed by atoms with E-state index < -0.39 is 0 Å². The fourth-order valence-corrected chi connectivity index (χ4v) is 2.78. The molecule has 0 spiro atoms. The molecule has 0 aliphatic rings. The van der Waals surface area contributed by atoms with Gasteiger partial charge in [-0.3, -0.25) is 0 Å². The summed E-state index contributed by atoms with van der Waals surface area (Å²) in [6.45, 7) is 5.62. The molecule has 0 fully saturated rings. The zero-order valence-corrected chi connectivity index (χ0v) is 16.3. The molecule has 0 saturated heterocycles. The number of aryl methyl sites for hydroxylation is 2. The fraction of sp³-hybridized carbons (Fsp3) is 0.227. The van der Waals surface area contributed by atoms with Gasteiger partial charge in [-0.2, -0.15) is 0 Å². The summed E-state index contributed by atoms with van der Waals surface area (Å²) in [5, 5.41) is 4.07. The van der Waals surface area contributed by atoms with Crippen LogP contribution < -0.4 is 14.8 Å². The van der Waals surface area contributed by atoms with E-state index in [1.807, 2.05) is 68.4 Å². The molecule has 2 aromatic carbocycles. The highest BCUT2D eigenvalue weighted by Gasteiger charge is 2.04. The number of hydrogen-bond donors (Lipinski definition) is 1. The van der Waals surface area contributed by atoms with Crippen molar-refractivity contribution in [2.45, 2.75) is 20.4 Å². The summed E-state index contributed by atoms with van der Waals surface area (Å²) in [5.74, 6) is 2.50. The molecule has 3 rings (SSSR count). The van der Waals surface area contributed by atoms with Gasteiger partial charge in [-0.15, -0.1) is 0 Å². The zero-order chi connectivity index (χ0) is 19.1. The van der Waals surface area contributed by atoms with Gasteiger partial charge < -0.3 is 14.8 Å². The second-order valence-corrected chi connectivity index (χ2v) is 6.66. The van der Waals surface area contributed by atoms with Gasteiger partial charge in [0.05, 0.1) is 0 Å². The Kier molecular flexibility index (Phi) is 6.55. The van der Waals surface area contributed by atoms with E-state index in [2.05, 4.69) is 10.3 Å². The van der Waals surface area contributed by atoms with Gasteiger partial charge in [0.15, 0.2) is 0 Å². The minimum atomic E-state index is 0.476. The first kappa shape index (κ1) is 19.1. The Morgan fingerprint density at radius 3 is 2.19 bits per heavy atom. The molecule has 4 nitrogen and oxygen atoms in total. The Balaban J connectivity index is 1.42. The minimum Gasteiger partial charge on any atom is -0.490 e. The third kappa shape index (κ3) is 5.63. The van der Waals surface area contributed by atoms with Crippen LogP contribution in [-0.2, 0) is 6.54 Å². The van der Waals surface area contributed by atoms with E-state index in [0.717, 1.165) is 45.6 Å². The van der Waals surface area contributed by atoms with Gasteiger partial charge in [-0.05, 0) is 66.9 Å². The van der Waals surface area contributed by atoms with Crippen molar-refractivity contribution in [2.24, 2.45) is 0 Å². The normalized spacial score (nSPS) is 10.5. The number of pyridine rings is 1. The van der Waals surface area contributed by atoms with E-state index in [-0.39, 0.29) is 0 Å². The van der Waals surface area contributed by atoms with E-state index >= 15 is 0 Å². The van der Waals surface area contributed by atoms with Gasteiger partial charge in [0, 0.05) is 17.8 Å². The highest BCUT2D eigenvalue weighted by atomic mass is 35.5. The van der Waals surface area contributed by atoms with Crippen LogP contribution in [0.3, 0.4) is 0 Å². The van der Waals surface area contributed by atoms with Crippen LogP contribution in [0.1, 0.15) is 16.7 Å². The van der Waals surface area contributed by atoms with Crippen molar-refractivity contribution in [2.75, 3.05) is 18.5 Å². The van der Waals surface area contributed by atoms with Crippen LogP contribution >= 0.6 is 11.6 Å². The number of nitrogens with zero attached hydrogens (tertiary/aromatic N) is 1. The number of anilines is 1. The number of aromatic nitrogens is 1. The van der Waals surface area contributed by atoms with Crippen LogP contribution in [0.25, 0.3) is 0 Å². The molecular formula is C22H23ClN2O2. The summed E-state index contributed by atoms with van der Waals surface area (Å²) < 4.78 is 11.5. The molecule has 27 heavy (non-hydrogen) atoms. The number of ether oxygens (including phenoxy) is 2. The molecular weight excluding hydrogens is 360 g/mol. The molecule has 0 bridgehead atoms. The molecule has 0 amide bonds. The second kappa shape index (κ2) is 9.28. The Bertz CT molecular complexity index is 844. The number of nitrogens with one attached hydrogen (secondary N) is 1. The van der Waals surface area contributed by atoms with Crippen molar-refractivity contribution in [1.82, 2.24) is 4.98 Å². The predicted molar refractivity (Wildman–Crippen MR) is 110 cm³/mol. The maximum absolute atomic E-state index is 6.17. The summed E-state index contributed by atoms with van der Waals surface area (Å²) in [4.78, 5) is 4.24. The van der Waals surface area contributed by atoms with Gasteiger partial charge in [0.25, 0.3) is 0 Å². The molecule has 0 aliphatic heterocycles. The summed E-state index contributed by atoms with van der Waals surface area (Å²) in [6, 6.07) is 17.7. The van der Waals surface area contributed by atoms with Gasteiger partial charge in [0.2, 0.25) is 0 Å². The molecule has 5 heteroatoms. The van der Waals surface area contributed by atoms with Crippen LogP contribution in [0, 0.1) is 13.8 Å². The summed E-state index contributed by atoms with van der Waals surface area (Å²) in [5.41, 5.74) is 3.20. The molecule has 3 aromatic rings. The standard InChI is InChI=1S/C22H23ClN2O2/c1-16-13-20(14-17(2)22(16)23)27-12-11-26-19-8-6-18(7-9-19)15-25-21-5-3-4-10-24-21/h3-10,13-14H,11-12,15H2,1-2H3,(H,24,25). The largest absolute Gasteiger partial charge is 0.490 e. The Hall–Kier alpha value is -2.72. The van der Waals surface area contributed by atoms with Crippen LogP contribution in [0.5, 0.6) is 11.5 Å². The average molecular weight is 383 g/mol. The quantitative estimate of drug-likeness (QED) is 0.528. The molecule has 0 radical (unpaired) electrons. The average Bonchev–Trinajstić information content (AvgIpc) is 2.69. The molecule has 1 N–H and O–H groups in total. The highest BCUT2D eigenvalue weighted by Crippen LogP contribution is 2.25. The van der Waals surface area contributed by atoms with Gasteiger partial charge >= 0.3 is 0 Å². The van der Waals surface area contributed by atoms with Crippen LogP contribution in [0.4, 0.5) is 5.82 Å². The first-order chi connectivity index (χ1) is 13.1. The van der Waals surface area contributed by atoms with E-state index in [0.29, 0.717) is 13.2 Å². The van der Waals surface area contributed by atoms with Crippen LogP contribution in [0.2, 0.25) is 5.02 Å². The van der Waals surface area contributed by atoms with Gasteiger partial charge in [-0.25, -0.2) is 4.98 Å². The van der Waals surface area contributed by atoms with E-state index in [1.54, 1.807) is 6.20 Å². The van der Waals surface area contributed by atoms with E-state index in [9.17, 15) is 0 Å². The third-order valence-electron chi connectivity index (χ3n) is 4.09. The smallest absolute Gasteiger partial charge is 0.126 e. The van der Waals surface area contributed by atoms with Crippen molar-refractivity contribution in [1.29, 1.82) is 0 Å². The first-order valence-electron chi connectivity index (χ1n) is 8.88. The van der Waals surface area contributed by atoms with Gasteiger partial charge in [-0.1, -0.05) is 29.8 Å². The van der Waals surface area contributed by atoms with E-state index in [1.165, 1.54) is 0 Å². The van der Waals surface area contributed by atoms with Crippen molar-refractivity contribution in [3.8, 4) is 11.5 Å². The lowest BCUT2D eigenvalue weighted by Crippen LogP contribution is -2.09. The Morgan fingerprint density at radius 1 is 0.889 bits per heavy atom. The monoisotopic (exact) mass is 382 g/mol. The predicted octanol–water partition coefficient (Wildman–Crippen LogP) is 5.42. The third-order valence-corrected chi connectivity index (χ3v) is 4.69. The van der Waals surface area contributed by atoms with Crippen molar-refractivity contribution in [3.63, 3.8) is 0 Å². The van der Waals surface area contributed by atoms with Crippen molar-refractivity contribution >= 4 is 17.4 Å². The SMILES string of the molecule is Cc1cc(OCCOc2ccc(CNc3ccccn3)cc2)cc(C)c1Cl. The topological polar surface area (TPSA) is 43.4 Å². The number of rotatable bonds is 8. The number of hydrogen-bond acceptors (Lipinski definition) is 4. The first-order valence-corrected chi connectivity index (χ1v) is 9.26. The molecule has 1 aromatic heterocycles. The Labute approximate surface area is 165 Å². The van der Waals surface area contributed by atoms with E-state index in [4.69, 9.17) is 21.1 Å². The fourth-order valence-electron chi connectivity index (χ4n) is 2.67. The number of benzene rings is 2.